The number of fused-ring (bicyclic) bond motifs is 1. The fraction of sp³-hybridized carbons (Fsp3) is 0.278. The van der Waals surface area contributed by atoms with Gasteiger partial charge in [-0.25, -0.2) is 9.78 Å². The molecule has 0 bridgehead atoms. The number of nitrogens with zero attached hydrogens (tertiary/aromatic N) is 3. The summed E-state index contributed by atoms with van der Waals surface area (Å²) >= 11 is 0. The predicted molar refractivity (Wildman–Crippen MR) is 91.4 cm³/mol. The molecule has 0 aliphatic carbocycles. The number of carbonyl (C=O) groups is 1. The Morgan fingerprint density at radius 3 is 2.88 bits per heavy atom. The van der Waals surface area contributed by atoms with Crippen LogP contribution in [0.5, 0.6) is 0 Å². The highest BCUT2D eigenvalue weighted by Crippen LogP contribution is 2.18. The van der Waals surface area contributed by atoms with E-state index in [0.717, 1.165) is 13.0 Å². The first-order valence-corrected chi connectivity index (χ1v) is 7.96. The second-order valence-corrected chi connectivity index (χ2v) is 5.61. The molecule has 6 heteroatoms. The maximum absolute atomic E-state index is 12.3. The average Bonchev–Trinajstić information content (AvgIpc) is 2.65. The molecule has 2 amide bonds. The van der Waals surface area contributed by atoms with Crippen molar-refractivity contribution < 1.29 is 4.79 Å². The molecule has 1 aliphatic heterocycles. The molecule has 0 saturated carbocycles. The van der Waals surface area contributed by atoms with E-state index in [9.17, 15) is 4.79 Å². The molecule has 0 saturated heterocycles. The summed E-state index contributed by atoms with van der Waals surface area (Å²) in [4.78, 5) is 18.2. The van der Waals surface area contributed by atoms with Crippen molar-refractivity contribution in [1.29, 1.82) is 5.26 Å². The number of nitrogens with one attached hydrogen (secondary N) is 2. The number of carbonyl (C=O) groups excluding carboxylic acids is 1. The molecule has 2 heterocycles. The third-order valence-corrected chi connectivity index (χ3v) is 4.04. The lowest BCUT2D eigenvalue weighted by molar-refractivity contribution is 0.193. The molecule has 0 radical (unpaired) electrons. The molecule has 0 spiro atoms. The van der Waals surface area contributed by atoms with Gasteiger partial charge in [-0.2, -0.15) is 5.26 Å². The van der Waals surface area contributed by atoms with Crippen LogP contribution in [0.2, 0.25) is 0 Å². The van der Waals surface area contributed by atoms with Crippen molar-refractivity contribution in [1.82, 2.24) is 15.2 Å². The van der Waals surface area contributed by atoms with Crippen molar-refractivity contribution in [2.24, 2.45) is 0 Å². The third-order valence-electron chi connectivity index (χ3n) is 4.04. The van der Waals surface area contributed by atoms with Crippen molar-refractivity contribution >= 4 is 11.8 Å². The molecule has 122 valence electrons. The molecular formula is C18H19N5O. The van der Waals surface area contributed by atoms with E-state index < -0.39 is 0 Å². The number of benzene rings is 1. The van der Waals surface area contributed by atoms with E-state index in [1.54, 1.807) is 18.3 Å². The largest absolute Gasteiger partial charge is 0.367 e. The number of nitriles is 1. The van der Waals surface area contributed by atoms with Gasteiger partial charge in [-0.05, 0) is 29.7 Å². The number of rotatable bonds is 4. The Labute approximate surface area is 141 Å². The van der Waals surface area contributed by atoms with Crippen LogP contribution in [0, 0.1) is 11.3 Å². The summed E-state index contributed by atoms with van der Waals surface area (Å²) < 4.78 is 0. The van der Waals surface area contributed by atoms with Crippen LogP contribution < -0.4 is 10.6 Å². The number of anilines is 1. The van der Waals surface area contributed by atoms with E-state index in [0.29, 0.717) is 31.0 Å². The van der Waals surface area contributed by atoms with Gasteiger partial charge in [0.2, 0.25) is 0 Å². The summed E-state index contributed by atoms with van der Waals surface area (Å²) in [5.74, 6) is 0.543. The average molecular weight is 321 g/mol. The second-order valence-electron chi connectivity index (χ2n) is 5.61. The first-order chi connectivity index (χ1) is 11.8. The standard InChI is InChI=1S/C18H19N5O/c19-12-15-6-3-8-20-17(15)21-9-10-22-18(24)23-11-7-14-4-1-2-5-16(14)13-23/h1-6,8H,7,9-11,13H2,(H,20,21)(H,22,24). The van der Waals surface area contributed by atoms with Crippen molar-refractivity contribution in [2.75, 3.05) is 25.0 Å². The topological polar surface area (TPSA) is 81.0 Å². The highest BCUT2D eigenvalue weighted by Gasteiger charge is 2.19. The van der Waals surface area contributed by atoms with Crippen LogP contribution in [0.15, 0.2) is 42.6 Å². The van der Waals surface area contributed by atoms with Crippen LogP contribution in [0.3, 0.4) is 0 Å². The number of urea groups is 1. The van der Waals surface area contributed by atoms with Gasteiger partial charge in [0.25, 0.3) is 0 Å². The summed E-state index contributed by atoms with van der Waals surface area (Å²) in [5, 5.41) is 15.0. The number of amides is 2. The molecule has 2 aromatic rings. The summed E-state index contributed by atoms with van der Waals surface area (Å²) in [6, 6.07) is 13.7. The summed E-state index contributed by atoms with van der Waals surface area (Å²) in [6.45, 7) is 2.36. The van der Waals surface area contributed by atoms with Crippen molar-refractivity contribution in [2.45, 2.75) is 13.0 Å². The van der Waals surface area contributed by atoms with Gasteiger partial charge in [0.15, 0.2) is 0 Å². The van der Waals surface area contributed by atoms with E-state index in [1.165, 1.54) is 11.1 Å². The van der Waals surface area contributed by atoms with Gasteiger partial charge in [-0.15, -0.1) is 0 Å². The molecule has 6 nitrogen and oxygen atoms in total. The van der Waals surface area contributed by atoms with Crippen molar-refractivity contribution in [3.63, 3.8) is 0 Å². The SMILES string of the molecule is N#Cc1cccnc1NCCNC(=O)N1CCc2ccccc2C1. The van der Waals surface area contributed by atoms with Gasteiger partial charge in [0.1, 0.15) is 11.9 Å². The molecule has 24 heavy (non-hydrogen) atoms. The smallest absolute Gasteiger partial charge is 0.317 e. The Kier molecular flexibility index (Phi) is 4.92. The molecule has 0 atom stereocenters. The number of hydrogen-bond acceptors (Lipinski definition) is 4. The van der Waals surface area contributed by atoms with Crippen LogP contribution in [-0.4, -0.2) is 35.5 Å². The minimum Gasteiger partial charge on any atom is -0.367 e. The summed E-state index contributed by atoms with van der Waals surface area (Å²) in [5.41, 5.74) is 3.03. The number of aromatic nitrogens is 1. The number of hydrogen-bond donors (Lipinski definition) is 2. The molecular weight excluding hydrogens is 302 g/mol. The summed E-state index contributed by atoms with van der Waals surface area (Å²) in [7, 11) is 0. The second kappa shape index (κ2) is 7.47. The van der Waals surface area contributed by atoms with Crippen LogP contribution in [-0.2, 0) is 13.0 Å². The predicted octanol–water partition coefficient (Wildman–Crippen LogP) is 2.13. The molecule has 1 aliphatic rings. The van der Waals surface area contributed by atoms with Gasteiger partial charge >= 0.3 is 6.03 Å². The Hall–Kier alpha value is -3.07. The van der Waals surface area contributed by atoms with Crippen LogP contribution in [0.4, 0.5) is 10.6 Å². The minimum atomic E-state index is -0.0622. The first-order valence-electron chi connectivity index (χ1n) is 7.96. The van der Waals surface area contributed by atoms with Gasteiger partial charge in [-0.3, -0.25) is 0 Å². The molecule has 1 aromatic carbocycles. The lowest BCUT2D eigenvalue weighted by atomic mass is 10.0. The summed E-state index contributed by atoms with van der Waals surface area (Å²) in [6.07, 6.45) is 2.52. The van der Waals surface area contributed by atoms with E-state index >= 15 is 0 Å². The molecule has 3 rings (SSSR count). The highest BCUT2D eigenvalue weighted by molar-refractivity contribution is 5.74. The Balaban J connectivity index is 1.46. The molecule has 2 N–H and O–H groups in total. The van der Waals surface area contributed by atoms with E-state index in [1.807, 2.05) is 17.0 Å². The Bertz CT molecular complexity index is 768. The van der Waals surface area contributed by atoms with Gasteiger partial charge in [0.05, 0.1) is 5.56 Å². The maximum atomic E-state index is 12.3. The van der Waals surface area contributed by atoms with Gasteiger partial charge < -0.3 is 15.5 Å². The lowest BCUT2D eigenvalue weighted by Gasteiger charge is -2.29. The zero-order valence-electron chi connectivity index (χ0n) is 13.3. The Morgan fingerprint density at radius 1 is 1.21 bits per heavy atom. The monoisotopic (exact) mass is 321 g/mol. The van der Waals surface area contributed by atoms with Crippen molar-refractivity contribution in [3.05, 3.63) is 59.3 Å². The van der Waals surface area contributed by atoms with Gasteiger partial charge in [0, 0.05) is 32.4 Å². The normalized spacial score (nSPS) is 12.9. The molecule has 0 fully saturated rings. The van der Waals surface area contributed by atoms with Crippen molar-refractivity contribution in [3.8, 4) is 6.07 Å². The van der Waals surface area contributed by atoms with E-state index in [4.69, 9.17) is 5.26 Å². The zero-order valence-corrected chi connectivity index (χ0v) is 13.3. The van der Waals surface area contributed by atoms with Crippen LogP contribution in [0.25, 0.3) is 0 Å². The maximum Gasteiger partial charge on any atom is 0.317 e. The molecule has 0 unspecified atom stereocenters. The fourth-order valence-electron chi connectivity index (χ4n) is 2.77. The first kappa shape index (κ1) is 15.8. The quantitative estimate of drug-likeness (QED) is 0.845. The highest BCUT2D eigenvalue weighted by atomic mass is 16.2. The molecule has 1 aromatic heterocycles. The fourth-order valence-corrected chi connectivity index (χ4v) is 2.77. The van der Waals surface area contributed by atoms with Gasteiger partial charge in [-0.1, -0.05) is 24.3 Å². The van der Waals surface area contributed by atoms with E-state index in [-0.39, 0.29) is 6.03 Å². The number of pyridine rings is 1. The minimum absolute atomic E-state index is 0.0622. The third kappa shape index (κ3) is 3.63. The van der Waals surface area contributed by atoms with Crippen LogP contribution >= 0.6 is 0 Å². The lowest BCUT2D eigenvalue weighted by Crippen LogP contribution is -2.44. The Morgan fingerprint density at radius 2 is 2.04 bits per heavy atom. The van der Waals surface area contributed by atoms with E-state index in [2.05, 4.69) is 33.8 Å². The zero-order chi connectivity index (χ0) is 16.8. The van der Waals surface area contributed by atoms with Crippen LogP contribution in [0.1, 0.15) is 16.7 Å².